The number of ether oxygens (including phenoxy) is 1. The number of carbonyl (C=O) groups is 2. The topological polar surface area (TPSA) is 87.7 Å². The molecule has 1 rings (SSSR count). The summed E-state index contributed by atoms with van der Waals surface area (Å²) < 4.78 is 4.66. The summed E-state index contributed by atoms with van der Waals surface area (Å²) in [6, 6.07) is 6.70. The van der Waals surface area contributed by atoms with Crippen LogP contribution in [0.15, 0.2) is 24.3 Å². The third kappa shape index (κ3) is 6.19. The maximum Gasteiger partial charge on any atom is 0.411 e. The van der Waals surface area contributed by atoms with Gasteiger partial charge in [0.2, 0.25) is 5.91 Å². The highest BCUT2D eigenvalue weighted by molar-refractivity contribution is 5.91. The monoisotopic (exact) mass is 280 g/mol. The number of rotatable bonds is 6. The van der Waals surface area contributed by atoms with Gasteiger partial charge in [-0.15, -0.1) is 0 Å². The smallest absolute Gasteiger partial charge is 0.411 e. The number of aliphatic hydroxyl groups excluding tert-OH is 1. The molecular formula is C14H20N2O4. The van der Waals surface area contributed by atoms with Crippen LogP contribution in [0, 0.1) is 5.92 Å². The van der Waals surface area contributed by atoms with Crippen LogP contribution in [0.4, 0.5) is 16.2 Å². The molecule has 6 heteroatoms. The number of hydrogen-bond acceptors (Lipinski definition) is 4. The summed E-state index contributed by atoms with van der Waals surface area (Å²) in [6.07, 6.45) is -0.163. The van der Waals surface area contributed by atoms with E-state index in [0.717, 1.165) is 0 Å². The van der Waals surface area contributed by atoms with Crippen molar-refractivity contribution in [2.75, 3.05) is 23.8 Å². The van der Waals surface area contributed by atoms with Crippen molar-refractivity contribution in [3.05, 3.63) is 24.3 Å². The zero-order chi connectivity index (χ0) is 15.0. The van der Waals surface area contributed by atoms with Gasteiger partial charge in [0.05, 0.1) is 6.61 Å². The maximum atomic E-state index is 11.6. The van der Waals surface area contributed by atoms with E-state index in [4.69, 9.17) is 5.11 Å². The first-order valence-electron chi connectivity index (χ1n) is 6.46. The molecular weight excluding hydrogens is 260 g/mol. The Bertz CT molecular complexity index is 443. The summed E-state index contributed by atoms with van der Waals surface area (Å²) >= 11 is 0. The van der Waals surface area contributed by atoms with Gasteiger partial charge in [-0.05, 0) is 30.2 Å². The van der Waals surface area contributed by atoms with Crippen LogP contribution in [0.3, 0.4) is 0 Å². The van der Waals surface area contributed by atoms with Crippen LogP contribution in [0.5, 0.6) is 0 Å². The average Bonchev–Trinajstić information content (AvgIpc) is 2.37. The standard InChI is InChI=1S/C14H20N2O4/c1-10(2)9-13(18)15-11-3-5-12(6-4-11)16-14(19)20-8-7-17/h3-6,10,17H,7-9H2,1-2H3,(H,15,18)(H,16,19). The molecule has 0 spiro atoms. The predicted molar refractivity (Wildman–Crippen MR) is 76.6 cm³/mol. The molecule has 1 aromatic rings. The van der Waals surface area contributed by atoms with Gasteiger partial charge in [0.15, 0.2) is 0 Å². The van der Waals surface area contributed by atoms with Crippen molar-refractivity contribution >= 4 is 23.4 Å². The average molecular weight is 280 g/mol. The first-order valence-corrected chi connectivity index (χ1v) is 6.46. The minimum absolute atomic E-state index is 0.0388. The van der Waals surface area contributed by atoms with Crippen LogP contribution in [0.2, 0.25) is 0 Å². The number of amides is 2. The molecule has 0 fully saturated rings. The Balaban J connectivity index is 2.47. The normalized spacial score (nSPS) is 10.2. The first kappa shape index (κ1) is 16.0. The molecule has 0 aliphatic rings. The number of aliphatic hydroxyl groups is 1. The number of anilines is 2. The molecule has 20 heavy (non-hydrogen) atoms. The van der Waals surface area contributed by atoms with Gasteiger partial charge < -0.3 is 15.2 Å². The second kappa shape index (κ2) is 8.16. The van der Waals surface area contributed by atoms with Crippen LogP contribution >= 0.6 is 0 Å². The van der Waals surface area contributed by atoms with Crippen molar-refractivity contribution in [1.29, 1.82) is 0 Å². The fourth-order valence-electron chi connectivity index (χ4n) is 1.51. The van der Waals surface area contributed by atoms with Crippen LogP contribution in [-0.4, -0.2) is 30.3 Å². The fraction of sp³-hybridized carbons (Fsp3) is 0.429. The number of nitrogens with one attached hydrogen (secondary N) is 2. The van der Waals surface area contributed by atoms with Gasteiger partial charge in [0, 0.05) is 17.8 Å². The zero-order valence-corrected chi connectivity index (χ0v) is 11.7. The lowest BCUT2D eigenvalue weighted by Gasteiger charge is -2.09. The molecule has 6 nitrogen and oxygen atoms in total. The minimum atomic E-state index is -0.629. The second-order valence-electron chi connectivity index (χ2n) is 4.71. The molecule has 2 amide bonds. The van der Waals surface area contributed by atoms with Gasteiger partial charge in [0.1, 0.15) is 6.61 Å². The van der Waals surface area contributed by atoms with Gasteiger partial charge in [-0.2, -0.15) is 0 Å². The van der Waals surface area contributed by atoms with Crippen LogP contribution in [0.1, 0.15) is 20.3 Å². The van der Waals surface area contributed by atoms with E-state index in [1.807, 2.05) is 13.8 Å². The predicted octanol–water partition coefficient (Wildman–Crippen LogP) is 2.21. The molecule has 0 saturated heterocycles. The van der Waals surface area contributed by atoms with Gasteiger partial charge in [-0.1, -0.05) is 13.8 Å². The summed E-state index contributed by atoms with van der Waals surface area (Å²) in [5, 5.41) is 13.8. The summed E-state index contributed by atoms with van der Waals surface area (Å²) in [5.74, 6) is 0.264. The Morgan fingerprint density at radius 2 is 1.70 bits per heavy atom. The van der Waals surface area contributed by atoms with E-state index < -0.39 is 6.09 Å². The van der Waals surface area contributed by atoms with E-state index in [2.05, 4.69) is 15.4 Å². The van der Waals surface area contributed by atoms with E-state index >= 15 is 0 Å². The molecule has 0 atom stereocenters. The van der Waals surface area contributed by atoms with Crippen molar-refractivity contribution in [2.24, 2.45) is 5.92 Å². The van der Waals surface area contributed by atoms with Crippen molar-refractivity contribution in [1.82, 2.24) is 0 Å². The van der Waals surface area contributed by atoms with E-state index in [-0.39, 0.29) is 19.1 Å². The molecule has 1 aromatic carbocycles. The number of carbonyl (C=O) groups excluding carboxylic acids is 2. The minimum Gasteiger partial charge on any atom is -0.447 e. The number of benzene rings is 1. The molecule has 3 N–H and O–H groups in total. The van der Waals surface area contributed by atoms with E-state index in [9.17, 15) is 9.59 Å². The highest BCUT2D eigenvalue weighted by Crippen LogP contribution is 2.14. The quantitative estimate of drug-likeness (QED) is 0.745. The zero-order valence-electron chi connectivity index (χ0n) is 11.7. The van der Waals surface area contributed by atoms with Crippen LogP contribution < -0.4 is 10.6 Å². The van der Waals surface area contributed by atoms with Crippen molar-refractivity contribution in [2.45, 2.75) is 20.3 Å². The van der Waals surface area contributed by atoms with E-state index in [1.54, 1.807) is 24.3 Å². The van der Waals surface area contributed by atoms with Crippen LogP contribution in [-0.2, 0) is 9.53 Å². The van der Waals surface area contributed by atoms with E-state index in [1.165, 1.54) is 0 Å². The maximum absolute atomic E-state index is 11.6. The van der Waals surface area contributed by atoms with Gasteiger partial charge >= 0.3 is 6.09 Å². The molecule has 110 valence electrons. The SMILES string of the molecule is CC(C)CC(=O)Nc1ccc(NC(=O)OCCO)cc1. The van der Waals surface area contributed by atoms with Crippen molar-refractivity contribution < 1.29 is 19.4 Å². The molecule has 0 aromatic heterocycles. The Morgan fingerprint density at radius 1 is 1.15 bits per heavy atom. The molecule has 0 saturated carbocycles. The molecule has 0 heterocycles. The summed E-state index contributed by atoms with van der Waals surface area (Å²) in [6.45, 7) is 3.69. The Hall–Kier alpha value is -2.08. The number of hydrogen-bond donors (Lipinski definition) is 3. The van der Waals surface area contributed by atoms with Gasteiger partial charge in [-0.25, -0.2) is 4.79 Å². The first-order chi connectivity index (χ1) is 9.51. The third-order valence-corrected chi connectivity index (χ3v) is 2.33. The molecule has 0 bridgehead atoms. The lowest BCUT2D eigenvalue weighted by atomic mass is 10.1. The highest BCUT2D eigenvalue weighted by Gasteiger charge is 2.06. The van der Waals surface area contributed by atoms with Gasteiger partial charge in [-0.3, -0.25) is 10.1 Å². The molecule has 0 aliphatic carbocycles. The lowest BCUT2D eigenvalue weighted by Crippen LogP contribution is -2.16. The highest BCUT2D eigenvalue weighted by atomic mass is 16.6. The lowest BCUT2D eigenvalue weighted by molar-refractivity contribution is -0.116. The molecule has 0 aliphatic heterocycles. The van der Waals surface area contributed by atoms with Crippen molar-refractivity contribution in [3.8, 4) is 0 Å². The van der Waals surface area contributed by atoms with E-state index in [0.29, 0.717) is 23.7 Å². The third-order valence-electron chi connectivity index (χ3n) is 2.33. The molecule has 0 unspecified atom stereocenters. The Kier molecular flexibility index (Phi) is 6.52. The Labute approximate surface area is 118 Å². The second-order valence-corrected chi connectivity index (χ2v) is 4.71. The molecule has 0 radical (unpaired) electrons. The fourth-order valence-corrected chi connectivity index (χ4v) is 1.51. The van der Waals surface area contributed by atoms with Crippen molar-refractivity contribution in [3.63, 3.8) is 0 Å². The summed E-state index contributed by atoms with van der Waals surface area (Å²) in [4.78, 5) is 22.8. The summed E-state index contributed by atoms with van der Waals surface area (Å²) in [7, 11) is 0. The van der Waals surface area contributed by atoms with Crippen LogP contribution in [0.25, 0.3) is 0 Å². The summed E-state index contributed by atoms with van der Waals surface area (Å²) in [5.41, 5.74) is 1.22. The Morgan fingerprint density at radius 3 is 2.20 bits per heavy atom. The van der Waals surface area contributed by atoms with Gasteiger partial charge in [0.25, 0.3) is 0 Å². The largest absolute Gasteiger partial charge is 0.447 e.